The largest absolute Gasteiger partial charge is 0.455 e. The zero-order chi connectivity index (χ0) is 24.6. The van der Waals surface area contributed by atoms with Crippen LogP contribution >= 0.6 is 15.9 Å². The van der Waals surface area contributed by atoms with Crippen molar-refractivity contribution >= 4 is 44.8 Å². The zero-order valence-electron chi connectivity index (χ0n) is 19.1. The van der Waals surface area contributed by atoms with Crippen molar-refractivity contribution in [2.24, 2.45) is 0 Å². The van der Waals surface area contributed by atoms with Crippen molar-refractivity contribution in [1.82, 2.24) is 35.0 Å². The molecule has 10 nitrogen and oxygen atoms in total. The van der Waals surface area contributed by atoms with Crippen molar-refractivity contribution in [3.8, 4) is 22.7 Å². The third-order valence-corrected chi connectivity index (χ3v) is 6.77. The number of nitrogens with one attached hydrogen (secondary N) is 2. The number of furan rings is 1. The van der Waals surface area contributed by atoms with Crippen molar-refractivity contribution in [2.45, 2.75) is 19.9 Å². The van der Waals surface area contributed by atoms with E-state index in [1.807, 2.05) is 49.4 Å². The highest BCUT2D eigenvalue weighted by Gasteiger charge is 2.19. The van der Waals surface area contributed by atoms with Crippen molar-refractivity contribution in [2.75, 3.05) is 5.32 Å². The van der Waals surface area contributed by atoms with Gasteiger partial charge in [0.05, 0.1) is 10.7 Å². The van der Waals surface area contributed by atoms with Crippen LogP contribution in [-0.2, 0) is 13.0 Å². The second kappa shape index (κ2) is 9.00. The molecule has 0 unspecified atom stereocenters. The lowest BCUT2D eigenvalue weighted by atomic mass is 10.0. The first kappa shape index (κ1) is 22.1. The number of H-pyrrole nitrogens is 1. The number of aromatic amines is 1. The summed E-state index contributed by atoms with van der Waals surface area (Å²) in [7, 11) is 0. The monoisotopic (exact) mass is 542 g/mol. The smallest absolute Gasteiger partial charge is 0.236 e. The first-order valence-corrected chi connectivity index (χ1v) is 12.1. The molecule has 0 amide bonds. The van der Waals surface area contributed by atoms with Gasteiger partial charge in [-0.3, -0.25) is 9.20 Å². The summed E-state index contributed by atoms with van der Waals surface area (Å²) in [6.07, 6.45) is 3.07. The molecular weight excluding hydrogens is 524 g/mol. The minimum atomic E-state index is 0.445. The second-order valence-electron chi connectivity index (χ2n) is 8.15. The lowest BCUT2D eigenvalue weighted by molar-refractivity contribution is 0.111. The molecule has 0 bridgehead atoms. The van der Waals surface area contributed by atoms with E-state index in [0.29, 0.717) is 29.6 Å². The fraction of sp³-hybridized carbons (Fsp3) is 0.120. The Kier molecular flexibility index (Phi) is 5.53. The fourth-order valence-corrected chi connectivity index (χ4v) is 4.81. The number of carbonyl (C=O) groups is 1. The SMILES string of the molecule is CCc1cc(NCc2ccc3oc(-c4ccccc4-c4nnn[nH]4)c(Br)c3c2)n2c(C=O)cnc2n1. The molecule has 4 heterocycles. The van der Waals surface area contributed by atoms with Gasteiger partial charge in [0.1, 0.15) is 22.9 Å². The Hall–Kier alpha value is -4.38. The topological polar surface area (TPSA) is 127 Å². The van der Waals surface area contributed by atoms with E-state index in [-0.39, 0.29) is 0 Å². The van der Waals surface area contributed by atoms with E-state index in [1.54, 1.807) is 4.40 Å². The molecular formula is C25H19BrN8O2. The van der Waals surface area contributed by atoms with E-state index in [2.05, 4.69) is 57.9 Å². The van der Waals surface area contributed by atoms with E-state index < -0.39 is 0 Å². The number of nitrogens with zero attached hydrogens (tertiary/aromatic N) is 6. The van der Waals surface area contributed by atoms with Crippen LogP contribution in [0.4, 0.5) is 5.82 Å². The van der Waals surface area contributed by atoms with Gasteiger partial charge in [-0.05, 0) is 50.5 Å². The van der Waals surface area contributed by atoms with Crippen molar-refractivity contribution in [1.29, 1.82) is 0 Å². The molecule has 0 fully saturated rings. The molecule has 0 atom stereocenters. The molecule has 4 aromatic heterocycles. The highest BCUT2D eigenvalue weighted by atomic mass is 79.9. The van der Waals surface area contributed by atoms with Gasteiger partial charge in [0, 0.05) is 34.8 Å². The summed E-state index contributed by atoms with van der Waals surface area (Å²) in [5.74, 6) is 2.52. The van der Waals surface area contributed by atoms with Crippen LogP contribution < -0.4 is 5.32 Å². The minimum absolute atomic E-state index is 0.445. The number of halogens is 1. The maximum absolute atomic E-state index is 11.5. The van der Waals surface area contributed by atoms with Crippen LogP contribution in [0.2, 0.25) is 0 Å². The molecule has 6 aromatic rings. The maximum Gasteiger partial charge on any atom is 0.236 e. The molecule has 0 aliphatic carbocycles. The zero-order valence-corrected chi connectivity index (χ0v) is 20.7. The molecule has 6 rings (SSSR count). The standard InChI is InChI=1S/C25H19BrN8O2/c1-2-15-10-21(34-16(13-35)12-28-25(34)29-15)27-11-14-7-8-20-19(9-14)22(26)23(36-20)17-5-3-4-6-18(17)24-30-32-33-31-24/h3-10,12-13,27H,2,11H2,1H3,(H,30,31,32,33). The maximum atomic E-state index is 11.5. The van der Waals surface area contributed by atoms with Crippen molar-refractivity contribution < 1.29 is 9.21 Å². The van der Waals surface area contributed by atoms with Crippen LogP contribution in [0.15, 0.2) is 63.6 Å². The summed E-state index contributed by atoms with van der Waals surface area (Å²) < 4.78 is 8.81. The van der Waals surface area contributed by atoms with E-state index >= 15 is 0 Å². The van der Waals surface area contributed by atoms with E-state index in [9.17, 15) is 4.79 Å². The van der Waals surface area contributed by atoms with E-state index in [4.69, 9.17) is 4.42 Å². The third kappa shape index (κ3) is 3.73. The molecule has 0 radical (unpaired) electrons. The number of hydrogen-bond donors (Lipinski definition) is 2. The molecule has 0 spiro atoms. The summed E-state index contributed by atoms with van der Waals surface area (Å²) in [5, 5.41) is 18.6. The first-order valence-electron chi connectivity index (χ1n) is 11.3. The number of aryl methyl sites for hydroxylation is 1. The Labute approximate surface area is 212 Å². The summed E-state index contributed by atoms with van der Waals surface area (Å²) in [6.45, 7) is 2.56. The average Bonchev–Trinajstić information content (AvgIpc) is 3.66. The van der Waals surface area contributed by atoms with Gasteiger partial charge < -0.3 is 9.73 Å². The van der Waals surface area contributed by atoms with Crippen molar-refractivity contribution in [3.05, 3.63) is 76.2 Å². The Morgan fingerprint density at radius 1 is 1.17 bits per heavy atom. The van der Waals surface area contributed by atoms with Crippen LogP contribution in [0.3, 0.4) is 0 Å². The number of aldehydes is 1. The van der Waals surface area contributed by atoms with Gasteiger partial charge in [-0.2, -0.15) is 0 Å². The Morgan fingerprint density at radius 3 is 2.81 bits per heavy atom. The highest BCUT2D eigenvalue weighted by molar-refractivity contribution is 9.10. The quantitative estimate of drug-likeness (QED) is 0.267. The predicted molar refractivity (Wildman–Crippen MR) is 138 cm³/mol. The number of benzene rings is 2. The van der Waals surface area contributed by atoms with Crippen LogP contribution in [0.5, 0.6) is 0 Å². The van der Waals surface area contributed by atoms with Gasteiger partial charge in [-0.15, -0.1) is 5.10 Å². The number of imidazole rings is 1. The lowest BCUT2D eigenvalue weighted by Crippen LogP contribution is -2.08. The summed E-state index contributed by atoms with van der Waals surface area (Å²) in [5.41, 5.74) is 4.84. The normalized spacial score (nSPS) is 11.4. The number of tetrazole rings is 1. The van der Waals surface area contributed by atoms with Crippen molar-refractivity contribution in [3.63, 3.8) is 0 Å². The Morgan fingerprint density at radius 2 is 2.03 bits per heavy atom. The summed E-state index contributed by atoms with van der Waals surface area (Å²) >= 11 is 3.75. The van der Waals surface area contributed by atoms with Gasteiger partial charge in [-0.25, -0.2) is 15.1 Å². The molecule has 2 N–H and O–H groups in total. The van der Waals surface area contributed by atoms with E-state index in [0.717, 1.165) is 56.4 Å². The summed E-state index contributed by atoms with van der Waals surface area (Å²) in [6, 6.07) is 15.8. The fourth-order valence-electron chi connectivity index (χ4n) is 4.21. The number of aromatic nitrogens is 7. The van der Waals surface area contributed by atoms with Gasteiger partial charge in [0.25, 0.3) is 0 Å². The molecule has 11 heteroatoms. The average molecular weight is 543 g/mol. The Balaban J connectivity index is 1.35. The summed E-state index contributed by atoms with van der Waals surface area (Å²) in [4.78, 5) is 20.3. The Bertz CT molecular complexity index is 1720. The van der Waals surface area contributed by atoms with Crippen LogP contribution in [-0.4, -0.2) is 41.3 Å². The number of hydrogen-bond acceptors (Lipinski definition) is 8. The van der Waals surface area contributed by atoms with Gasteiger partial charge in [0.2, 0.25) is 5.78 Å². The lowest BCUT2D eigenvalue weighted by Gasteiger charge is -2.11. The van der Waals surface area contributed by atoms with Crippen LogP contribution in [0.1, 0.15) is 28.7 Å². The first-order chi connectivity index (χ1) is 17.7. The van der Waals surface area contributed by atoms with Crippen LogP contribution in [0.25, 0.3) is 39.5 Å². The molecule has 0 aliphatic rings. The highest BCUT2D eigenvalue weighted by Crippen LogP contribution is 2.41. The molecule has 2 aromatic carbocycles. The molecule has 0 saturated heterocycles. The van der Waals surface area contributed by atoms with Gasteiger partial charge in [0.15, 0.2) is 12.1 Å². The third-order valence-electron chi connectivity index (χ3n) is 5.98. The minimum Gasteiger partial charge on any atom is -0.455 e. The predicted octanol–water partition coefficient (Wildman–Crippen LogP) is 5.07. The number of rotatable bonds is 7. The second-order valence-corrected chi connectivity index (χ2v) is 8.94. The number of anilines is 1. The molecule has 36 heavy (non-hydrogen) atoms. The van der Waals surface area contributed by atoms with Crippen LogP contribution in [0, 0.1) is 0 Å². The molecule has 0 aliphatic heterocycles. The number of fused-ring (bicyclic) bond motifs is 2. The van der Waals surface area contributed by atoms with Gasteiger partial charge in [-0.1, -0.05) is 37.3 Å². The molecule has 178 valence electrons. The van der Waals surface area contributed by atoms with Gasteiger partial charge >= 0.3 is 0 Å². The number of carbonyl (C=O) groups excluding carboxylic acids is 1. The van der Waals surface area contributed by atoms with E-state index in [1.165, 1.54) is 6.20 Å². The molecule has 0 saturated carbocycles.